The highest BCUT2D eigenvalue weighted by Crippen LogP contribution is 2.30. The van der Waals surface area contributed by atoms with Crippen molar-refractivity contribution < 1.29 is 22.8 Å². The molecule has 2 aliphatic heterocycles. The first-order valence-electron chi connectivity index (χ1n) is 8.01. The van der Waals surface area contributed by atoms with Crippen LogP contribution in [0.15, 0.2) is 28.7 Å². The highest BCUT2D eigenvalue weighted by atomic mass is 79.9. The van der Waals surface area contributed by atoms with Gasteiger partial charge in [0.1, 0.15) is 12.1 Å². The van der Waals surface area contributed by atoms with Crippen molar-refractivity contribution in [3.63, 3.8) is 0 Å². The van der Waals surface area contributed by atoms with Crippen LogP contribution in [0.25, 0.3) is 0 Å². The summed E-state index contributed by atoms with van der Waals surface area (Å²) in [7, 11) is -3.13. The molecule has 0 aliphatic carbocycles. The maximum atomic E-state index is 12.8. The SMILES string of the molecule is C[C@]1(c2cccc(Br)c2)NC(=O)N(CC(=O)N[C@H]2CCS(=O)(=O)C2)C1=O. The lowest BCUT2D eigenvalue weighted by molar-refractivity contribution is -0.135. The number of nitrogens with one attached hydrogen (secondary N) is 2. The van der Waals surface area contributed by atoms with Crippen LogP contribution in [0.5, 0.6) is 0 Å². The van der Waals surface area contributed by atoms with Gasteiger partial charge in [-0.05, 0) is 31.0 Å². The van der Waals surface area contributed by atoms with Crippen molar-refractivity contribution in [2.45, 2.75) is 24.9 Å². The molecule has 0 bridgehead atoms. The standard InChI is InChI=1S/C16H18BrN3O5S/c1-16(10-3-2-4-11(17)7-10)14(22)20(15(23)19-16)8-13(21)18-12-5-6-26(24,25)9-12/h2-4,7,12H,5-6,8-9H2,1H3,(H,18,21)(H,19,23)/t12-,16+/m0/s1. The summed E-state index contributed by atoms with van der Waals surface area (Å²) in [5, 5.41) is 5.21. The fraction of sp³-hybridized carbons (Fsp3) is 0.438. The minimum Gasteiger partial charge on any atom is -0.351 e. The zero-order valence-electron chi connectivity index (χ0n) is 14.0. The van der Waals surface area contributed by atoms with Crippen LogP contribution in [0, 0.1) is 0 Å². The summed E-state index contributed by atoms with van der Waals surface area (Å²) in [5.74, 6) is -1.18. The van der Waals surface area contributed by atoms with E-state index in [-0.39, 0.29) is 11.5 Å². The van der Waals surface area contributed by atoms with Crippen molar-refractivity contribution in [3.05, 3.63) is 34.3 Å². The summed E-state index contributed by atoms with van der Waals surface area (Å²) < 4.78 is 23.7. The number of amides is 4. The van der Waals surface area contributed by atoms with Crippen LogP contribution >= 0.6 is 15.9 Å². The smallest absolute Gasteiger partial charge is 0.325 e. The van der Waals surface area contributed by atoms with Crippen molar-refractivity contribution in [2.24, 2.45) is 0 Å². The van der Waals surface area contributed by atoms with E-state index in [2.05, 4.69) is 26.6 Å². The first-order valence-corrected chi connectivity index (χ1v) is 10.6. The number of carbonyl (C=O) groups is 3. The van der Waals surface area contributed by atoms with Gasteiger partial charge in [-0.2, -0.15) is 0 Å². The predicted octanol–water partition coefficient (Wildman–Crippen LogP) is 0.519. The molecule has 140 valence electrons. The van der Waals surface area contributed by atoms with E-state index in [0.29, 0.717) is 12.0 Å². The van der Waals surface area contributed by atoms with Gasteiger partial charge < -0.3 is 10.6 Å². The van der Waals surface area contributed by atoms with Gasteiger partial charge in [0.25, 0.3) is 5.91 Å². The number of halogens is 1. The first kappa shape index (κ1) is 18.8. The van der Waals surface area contributed by atoms with Gasteiger partial charge in [0.05, 0.1) is 11.5 Å². The van der Waals surface area contributed by atoms with Crippen molar-refractivity contribution in [2.75, 3.05) is 18.1 Å². The van der Waals surface area contributed by atoms with Gasteiger partial charge in [-0.15, -0.1) is 0 Å². The highest BCUT2D eigenvalue weighted by Gasteiger charge is 2.49. The number of sulfone groups is 1. The second kappa shape index (κ2) is 6.66. The lowest BCUT2D eigenvalue weighted by Gasteiger charge is -2.22. The molecule has 1 aromatic rings. The number of carbonyl (C=O) groups excluding carboxylic acids is 3. The molecule has 0 radical (unpaired) electrons. The molecule has 0 unspecified atom stereocenters. The number of benzene rings is 1. The van der Waals surface area contributed by atoms with Crippen LogP contribution in [0.2, 0.25) is 0 Å². The van der Waals surface area contributed by atoms with Gasteiger partial charge in [0.15, 0.2) is 9.84 Å². The summed E-state index contributed by atoms with van der Waals surface area (Å²) in [6, 6.07) is 5.85. The first-order chi connectivity index (χ1) is 12.1. The van der Waals surface area contributed by atoms with Gasteiger partial charge in [-0.25, -0.2) is 13.2 Å². The topological polar surface area (TPSA) is 113 Å². The van der Waals surface area contributed by atoms with E-state index in [1.807, 2.05) is 0 Å². The van der Waals surface area contributed by atoms with Crippen molar-refractivity contribution in [3.8, 4) is 0 Å². The van der Waals surface area contributed by atoms with Crippen LogP contribution in [0.4, 0.5) is 4.79 Å². The summed E-state index contributed by atoms with van der Waals surface area (Å²) >= 11 is 3.33. The molecule has 2 fully saturated rings. The third-order valence-electron chi connectivity index (χ3n) is 4.58. The molecule has 1 aromatic carbocycles. The molecular weight excluding hydrogens is 426 g/mol. The van der Waals surface area contributed by atoms with Crippen molar-refractivity contribution in [1.29, 1.82) is 0 Å². The minimum atomic E-state index is -3.13. The predicted molar refractivity (Wildman–Crippen MR) is 96.9 cm³/mol. The zero-order valence-corrected chi connectivity index (χ0v) is 16.4. The molecular formula is C16H18BrN3O5S. The van der Waals surface area contributed by atoms with Gasteiger partial charge >= 0.3 is 6.03 Å². The van der Waals surface area contributed by atoms with Gasteiger partial charge in [-0.3, -0.25) is 14.5 Å². The molecule has 3 rings (SSSR count). The average Bonchev–Trinajstić information content (AvgIpc) is 2.99. The molecule has 0 saturated carbocycles. The van der Waals surface area contributed by atoms with Gasteiger partial charge in [0.2, 0.25) is 5.91 Å². The van der Waals surface area contributed by atoms with Gasteiger partial charge in [0, 0.05) is 10.5 Å². The maximum absolute atomic E-state index is 12.8. The van der Waals surface area contributed by atoms with E-state index in [0.717, 1.165) is 9.37 Å². The molecule has 10 heteroatoms. The number of hydrogen-bond acceptors (Lipinski definition) is 5. The Bertz CT molecular complexity index is 888. The number of imide groups is 1. The van der Waals surface area contributed by atoms with Gasteiger partial charge in [-0.1, -0.05) is 28.1 Å². The largest absolute Gasteiger partial charge is 0.351 e. The maximum Gasteiger partial charge on any atom is 0.325 e. The molecule has 2 atom stereocenters. The summed E-state index contributed by atoms with van der Waals surface area (Å²) in [4.78, 5) is 38.0. The second-order valence-electron chi connectivity index (χ2n) is 6.62. The number of hydrogen-bond donors (Lipinski definition) is 2. The quantitative estimate of drug-likeness (QED) is 0.658. The van der Waals surface area contributed by atoms with Crippen molar-refractivity contribution >= 4 is 43.6 Å². The fourth-order valence-corrected chi connectivity index (χ4v) is 5.23. The molecule has 0 spiro atoms. The molecule has 2 saturated heterocycles. The van der Waals surface area contributed by atoms with E-state index in [1.165, 1.54) is 0 Å². The Morgan fingerprint density at radius 1 is 1.42 bits per heavy atom. The van der Waals surface area contributed by atoms with Crippen LogP contribution in [-0.4, -0.2) is 55.3 Å². The van der Waals surface area contributed by atoms with Crippen LogP contribution in [-0.2, 0) is 25.0 Å². The molecule has 2 N–H and O–H groups in total. The number of nitrogens with zero attached hydrogens (tertiary/aromatic N) is 1. The second-order valence-corrected chi connectivity index (χ2v) is 9.77. The Kier molecular flexibility index (Phi) is 4.82. The minimum absolute atomic E-state index is 0.0298. The Labute approximate surface area is 159 Å². The van der Waals surface area contributed by atoms with E-state index in [1.54, 1.807) is 31.2 Å². The monoisotopic (exact) mass is 443 g/mol. The Morgan fingerprint density at radius 2 is 2.15 bits per heavy atom. The van der Waals surface area contributed by atoms with E-state index in [9.17, 15) is 22.8 Å². The van der Waals surface area contributed by atoms with Crippen LogP contribution < -0.4 is 10.6 Å². The van der Waals surface area contributed by atoms with E-state index in [4.69, 9.17) is 0 Å². The number of rotatable bonds is 4. The fourth-order valence-electron chi connectivity index (χ4n) is 3.16. The van der Waals surface area contributed by atoms with Crippen molar-refractivity contribution in [1.82, 2.24) is 15.5 Å². The van der Waals surface area contributed by atoms with E-state index >= 15 is 0 Å². The Hall–Kier alpha value is -1.94. The lowest BCUT2D eigenvalue weighted by Crippen LogP contribution is -2.45. The van der Waals surface area contributed by atoms with E-state index < -0.39 is 45.8 Å². The summed E-state index contributed by atoms with van der Waals surface area (Å²) in [6.07, 6.45) is 0.337. The van der Waals surface area contributed by atoms with Crippen LogP contribution in [0.1, 0.15) is 18.9 Å². The molecule has 26 heavy (non-hydrogen) atoms. The average molecular weight is 444 g/mol. The molecule has 2 aliphatic rings. The third-order valence-corrected chi connectivity index (χ3v) is 6.84. The Balaban J connectivity index is 1.70. The van der Waals surface area contributed by atoms with Crippen LogP contribution in [0.3, 0.4) is 0 Å². The number of urea groups is 1. The normalized spacial score (nSPS) is 27.5. The highest BCUT2D eigenvalue weighted by molar-refractivity contribution is 9.10. The molecule has 0 aromatic heterocycles. The third kappa shape index (κ3) is 3.61. The summed E-state index contributed by atoms with van der Waals surface area (Å²) in [6.45, 7) is 1.13. The Morgan fingerprint density at radius 3 is 2.77 bits per heavy atom. The molecule has 8 nitrogen and oxygen atoms in total. The lowest BCUT2D eigenvalue weighted by atomic mass is 9.92. The summed E-state index contributed by atoms with van der Waals surface area (Å²) in [5.41, 5.74) is -0.673. The zero-order chi connectivity index (χ0) is 19.1. The molecule has 2 heterocycles. The molecule has 4 amide bonds.